The predicted octanol–water partition coefficient (Wildman–Crippen LogP) is 4.77. The summed E-state index contributed by atoms with van der Waals surface area (Å²) < 4.78 is 27.1. The summed E-state index contributed by atoms with van der Waals surface area (Å²) in [5.41, 5.74) is 1.56. The number of hydrogen-bond donors (Lipinski definition) is 1. The molecule has 19 heavy (non-hydrogen) atoms. The van der Waals surface area contributed by atoms with E-state index in [9.17, 15) is 13.9 Å². The molecule has 0 saturated heterocycles. The molecule has 1 atom stereocenters. The van der Waals surface area contributed by atoms with Gasteiger partial charge in [-0.2, -0.15) is 0 Å². The minimum absolute atomic E-state index is 0.00854. The van der Waals surface area contributed by atoms with Gasteiger partial charge in [0.05, 0.1) is 0 Å². The third kappa shape index (κ3) is 2.96. The summed E-state index contributed by atoms with van der Waals surface area (Å²) in [7, 11) is 0. The van der Waals surface area contributed by atoms with Gasteiger partial charge in [0.25, 0.3) is 0 Å². The van der Waals surface area contributed by atoms with Gasteiger partial charge < -0.3 is 5.11 Å². The Bertz CT molecular complexity index is 631. The molecule has 2 rings (SSSR count). The molecule has 0 amide bonds. The normalized spacial score (nSPS) is 12.5. The summed E-state index contributed by atoms with van der Waals surface area (Å²) in [6.07, 6.45) is -1.11. The zero-order chi connectivity index (χ0) is 14.2. The third-order valence-electron chi connectivity index (χ3n) is 2.87. The fourth-order valence-corrected chi connectivity index (χ4v) is 2.45. The van der Waals surface area contributed by atoms with Gasteiger partial charge in [-0.3, -0.25) is 0 Å². The van der Waals surface area contributed by atoms with Crippen molar-refractivity contribution < 1.29 is 13.9 Å². The van der Waals surface area contributed by atoms with E-state index >= 15 is 0 Å². The first-order valence-corrected chi connectivity index (χ1v) is 6.66. The summed E-state index contributed by atoms with van der Waals surface area (Å²) in [6, 6.07) is 7.15. The molecule has 1 nitrogen and oxygen atoms in total. The SMILES string of the molecule is Cc1ccc(Br)cc1C(O)c1cc(F)c(F)cc1Cl. The molecule has 100 valence electrons. The summed E-state index contributed by atoms with van der Waals surface area (Å²) in [5, 5.41) is 10.3. The average molecular weight is 348 g/mol. The number of aryl methyl sites for hydroxylation is 1. The van der Waals surface area contributed by atoms with Crippen LogP contribution >= 0.6 is 27.5 Å². The van der Waals surface area contributed by atoms with Gasteiger partial charge in [0.2, 0.25) is 0 Å². The number of aliphatic hydroxyl groups is 1. The lowest BCUT2D eigenvalue weighted by atomic mass is 9.97. The topological polar surface area (TPSA) is 20.2 Å². The van der Waals surface area contributed by atoms with E-state index in [1.165, 1.54) is 0 Å². The Morgan fingerprint density at radius 3 is 2.42 bits per heavy atom. The zero-order valence-electron chi connectivity index (χ0n) is 9.92. The van der Waals surface area contributed by atoms with Gasteiger partial charge in [-0.05, 0) is 42.3 Å². The molecule has 1 unspecified atom stereocenters. The first kappa shape index (κ1) is 14.4. The second-order valence-electron chi connectivity index (χ2n) is 4.19. The Labute approximate surface area is 123 Å². The first-order valence-electron chi connectivity index (χ1n) is 5.48. The average Bonchev–Trinajstić information content (AvgIpc) is 2.36. The second kappa shape index (κ2) is 5.57. The molecule has 0 aliphatic rings. The lowest BCUT2D eigenvalue weighted by Gasteiger charge is -2.16. The van der Waals surface area contributed by atoms with Crippen LogP contribution in [0.2, 0.25) is 5.02 Å². The Balaban J connectivity index is 2.52. The van der Waals surface area contributed by atoms with Gasteiger partial charge in [-0.25, -0.2) is 8.78 Å². The fraction of sp³-hybridized carbons (Fsp3) is 0.143. The van der Waals surface area contributed by atoms with E-state index in [4.69, 9.17) is 11.6 Å². The fourth-order valence-electron chi connectivity index (χ4n) is 1.82. The zero-order valence-corrected chi connectivity index (χ0v) is 12.3. The quantitative estimate of drug-likeness (QED) is 0.776. The van der Waals surface area contributed by atoms with Crippen molar-refractivity contribution in [2.75, 3.05) is 0 Å². The minimum Gasteiger partial charge on any atom is -0.384 e. The predicted molar refractivity (Wildman–Crippen MR) is 74.3 cm³/mol. The highest BCUT2D eigenvalue weighted by atomic mass is 79.9. The highest BCUT2D eigenvalue weighted by Crippen LogP contribution is 2.32. The largest absolute Gasteiger partial charge is 0.384 e. The third-order valence-corrected chi connectivity index (χ3v) is 3.69. The van der Waals surface area contributed by atoms with Crippen molar-refractivity contribution in [2.24, 2.45) is 0 Å². The number of hydrogen-bond acceptors (Lipinski definition) is 1. The van der Waals surface area contributed by atoms with Crippen LogP contribution in [0.5, 0.6) is 0 Å². The molecular formula is C14H10BrClF2O. The molecule has 0 saturated carbocycles. The Kier molecular flexibility index (Phi) is 4.23. The second-order valence-corrected chi connectivity index (χ2v) is 5.51. The smallest absolute Gasteiger partial charge is 0.160 e. The van der Waals surface area contributed by atoms with E-state index in [1.807, 2.05) is 19.1 Å². The summed E-state index contributed by atoms with van der Waals surface area (Å²) in [4.78, 5) is 0. The van der Waals surface area contributed by atoms with Gasteiger partial charge in [-0.15, -0.1) is 0 Å². The molecular weight excluding hydrogens is 338 g/mol. The van der Waals surface area contributed by atoms with Gasteiger partial charge >= 0.3 is 0 Å². The summed E-state index contributed by atoms with van der Waals surface area (Å²) >= 11 is 9.16. The summed E-state index contributed by atoms with van der Waals surface area (Å²) in [5.74, 6) is -2.07. The molecule has 2 aromatic carbocycles. The molecule has 1 N–H and O–H groups in total. The van der Waals surface area contributed by atoms with E-state index in [2.05, 4.69) is 15.9 Å². The highest BCUT2D eigenvalue weighted by Gasteiger charge is 2.19. The molecule has 0 heterocycles. The van der Waals surface area contributed by atoms with E-state index in [0.29, 0.717) is 5.56 Å². The van der Waals surface area contributed by atoms with Crippen molar-refractivity contribution in [3.8, 4) is 0 Å². The van der Waals surface area contributed by atoms with Crippen LogP contribution in [0.15, 0.2) is 34.8 Å². The highest BCUT2D eigenvalue weighted by molar-refractivity contribution is 9.10. The van der Waals surface area contributed by atoms with Gasteiger partial charge in [0.15, 0.2) is 11.6 Å². The van der Waals surface area contributed by atoms with Crippen LogP contribution in [0.3, 0.4) is 0 Å². The molecule has 0 aromatic heterocycles. The van der Waals surface area contributed by atoms with Crippen LogP contribution in [-0.2, 0) is 0 Å². The van der Waals surface area contributed by atoms with Crippen LogP contribution < -0.4 is 0 Å². The van der Waals surface area contributed by atoms with Crippen LogP contribution in [0, 0.1) is 18.6 Å². The lowest BCUT2D eigenvalue weighted by molar-refractivity contribution is 0.219. The number of halogens is 4. The monoisotopic (exact) mass is 346 g/mol. The van der Waals surface area contributed by atoms with Crippen molar-refractivity contribution in [3.63, 3.8) is 0 Å². The van der Waals surface area contributed by atoms with Crippen LogP contribution in [0.4, 0.5) is 8.78 Å². The van der Waals surface area contributed by atoms with E-state index in [0.717, 1.165) is 22.2 Å². The molecule has 0 radical (unpaired) electrons. The maximum atomic E-state index is 13.3. The van der Waals surface area contributed by atoms with Crippen molar-refractivity contribution in [1.82, 2.24) is 0 Å². The summed E-state index contributed by atoms with van der Waals surface area (Å²) in [6.45, 7) is 1.82. The number of benzene rings is 2. The Hall–Kier alpha value is -0.970. The van der Waals surface area contributed by atoms with Crippen molar-refractivity contribution in [3.05, 3.63) is 68.2 Å². The first-order chi connectivity index (χ1) is 8.90. The van der Waals surface area contributed by atoms with Crippen molar-refractivity contribution in [2.45, 2.75) is 13.0 Å². The molecule has 0 aliphatic carbocycles. The van der Waals surface area contributed by atoms with Gasteiger partial charge in [-0.1, -0.05) is 33.6 Å². The lowest BCUT2D eigenvalue weighted by Crippen LogP contribution is -2.04. The minimum atomic E-state index is -1.11. The Morgan fingerprint density at radius 1 is 1.11 bits per heavy atom. The molecule has 0 aliphatic heterocycles. The van der Waals surface area contributed by atoms with Crippen molar-refractivity contribution >= 4 is 27.5 Å². The van der Waals surface area contributed by atoms with Crippen LogP contribution in [0.25, 0.3) is 0 Å². The van der Waals surface area contributed by atoms with E-state index < -0.39 is 17.7 Å². The molecule has 0 fully saturated rings. The Morgan fingerprint density at radius 2 is 1.74 bits per heavy atom. The van der Waals surface area contributed by atoms with Crippen LogP contribution in [0.1, 0.15) is 22.8 Å². The maximum Gasteiger partial charge on any atom is 0.160 e. The van der Waals surface area contributed by atoms with Crippen LogP contribution in [-0.4, -0.2) is 5.11 Å². The van der Waals surface area contributed by atoms with Gasteiger partial charge in [0, 0.05) is 15.1 Å². The number of aliphatic hydroxyl groups excluding tert-OH is 1. The molecule has 0 spiro atoms. The molecule has 0 bridgehead atoms. The molecule has 5 heteroatoms. The van der Waals surface area contributed by atoms with Gasteiger partial charge in [0.1, 0.15) is 6.10 Å². The standard InChI is InChI=1S/C14H10BrClF2O/c1-7-2-3-8(15)4-9(7)14(19)10-5-12(17)13(18)6-11(10)16/h2-6,14,19H,1H3. The number of rotatable bonds is 2. The van der Waals surface area contributed by atoms with E-state index in [-0.39, 0.29) is 10.6 Å². The molecule has 2 aromatic rings. The maximum absolute atomic E-state index is 13.3. The van der Waals surface area contributed by atoms with E-state index in [1.54, 1.807) is 6.07 Å². The van der Waals surface area contributed by atoms with Crippen molar-refractivity contribution in [1.29, 1.82) is 0 Å².